The SMILES string of the molecule is O=C(CSc1ccccc1)N1CC(N2CCNCC2)C1. The summed E-state index contributed by atoms with van der Waals surface area (Å²) in [6.45, 7) is 6.21. The molecule has 1 aromatic carbocycles. The van der Waals surface area contributed by atoms with Gasteiger partial charge in [0.15, 0.2) is 0 Å². The number of rotatable bonds is 4. The lowest BCUT2D eigenvalue weighted by molar-refractivity contribution is -0.135. The van der Waals surface area contributed by atoms with Crippen LogP contribution in [0.15, 0.2) is 35.2 Å². The first-order valence-corrected chi connectivity index (χ1v) is 8.22. The summed E-state index contributed by atoms with van der Waals surface area (Å²) in [6.07, 6.45) is 0. The molecule has 0 radical (unpaired) electrons. The van der Waals surface area contributed by atoms with E-state index in [1.165, 1.54) is 4.90 Å². The van der Waals surface area contributed by atoms with E-state index in [9.17, 15) is 4.79 Å². The molecule has 2 saturated heterocycles. The van der Waals surface area contributed by atoms with Crippen LogP contribution < -0.4 is 5.32 Å². The number of nitrogens with zero attached hydrogens (tertiary/aromatic N) is 2. The molecule has 1 aromatic rings. The maximum atomic E-state index is 12.1. The van der Waals surface area contributed by atoms with Gasteiger partial charge in [-0.05, 0) is 12.1 Å². The minimum absolute atomic E-state index is 0.269. The molecule has 0 spiro atoms. The highest BCUT2D eigenvalue weighted by Crippen LogP contribution is 2.21. The smallest absolute Gasteiger partial charge is 0.233 e. The summed E-state index contributed by atoms with van der Waals surface area (Å²) in [7, 11) is 0. The summed E-state index contributed by atoms with van der Waals surface area (Å²) >= 11 is 1.63. The van der Waals surface area contributed by atoms with Crippen molar-refractivity contribution in [2.45, 2.75) is 10.9 Å². The predicted molar refractivity (Wildman–Crippen MR) is 82.0 cm³/mol. The van der Waals surface area contributed by atoms with Gasteiger partial charge in [-0.1, -0.05) is 18.2 Å². The van der Waals surface area contributed by atoms with Crippen molar-refractivity contribution in [3.05, 3.63) is 30.3 Å². The Hall–Kier alpha value is -1.04. The van der Waals surface area contributed by atoms with E-state index in [1.807, 2.05) is 23.1 Å². The van der Waals surface area contributed by atoms with Gasteiger partial charge in [-0.15, -0.1) is 11.8 Å². The summed E-state index contributed by atoms with van der Waals surface area (Å²) < 4.78 is 0. The second-order valence-electron chi connectivity index (χ2n) is 5.34. The van der Waals surface area contributed by atoms with E-state index in [0.717, 1.165) is 39.3 Å². The molecule has 2 heterocycles. The monoisotopic (exact) mass is 291 g/mol. The van der Waals surface area contributed by atoms with E-state index >= 15 is 0 Å². The molecule has 1 amide bonds. The fourth-order valence-electron chi connectivity index (χ4n) is 2.69. The highest BCUT2D eigenvalue weighted by Gasteiger charge is 2.34. The highest BCUT2D eigenvalue weighted by atomic mass is 32.2. The Bertz CT molecular complexity index is 442. The number of likely N-dealkylation sites (tertiary alicyclic amines) is 1. The van der Waals surface area contributed by atoms with Gasteiger partial charge in [0.05, 0.1) is 5.75 Å². The van der Waals surface area contributed by atoms with Crippen LogP contribution >= 0.6 is 11.8 Å². The van der Waals surface area contributed by atoms with Crippen molar-refractivity contribution in [2.75, 3.05) is 45.0 Å². The summed E-state index contributed by atoms with van der Waals surface area (Å²) in [5.41, 5.74) is 0. The Morgan fingerprint density at radius 2 is 1.90 bits per heavy atom. The summed E-state index contributed by atoms with van der Waals surface area (Å²) in [5.74, 6) is 0.823. The van der Waals surface area contributed by atoms with Crippen LogP contribution in [0.25, 0.3) is 0 Å². The van der Waals surface area contributed by atoms with Crippen LogP contribution in [0.1, 0.15) is 0 Å². The second kappa shape index (κ2) is 6.61. The largest absolute Gasteiger partial charge is 0.339 e. The van der Waals surface area contributed by atoms with Crippen molar-refractivity contribution in [1.82, 2.24) is 15.1 Å². The van der Waals surface area contributed by atoms with Gasteiger partial charge < -0.3 is 10.2 Å². The predicted octanol–water partition coefficient (Wildman–Crippen LogP) is 0.895. The van der Waals surface area contributed by atoms with Crippen LogP contribution in [0.4, 0.5) is 0 Å². The molecule has 2 aliphatic heterocycles. The molecule has 3 rings (SSSR count). The van der Waals surface area contributed by atoms with E-state index in [2.05, 4.69) is 22.3 Å². The fraction of sp³-hybridized carbons (Fsp3) is 0.533. The third kappa shape index (κ3) is 3.34. The number of benzene rings is 1. The van der Waals surface area contributed by atoms with Crippen LogP contribution in [0.3, 0.4) is 0 Å². The van der Waals surface area contributed by atoms with Gasteiger partial charge in [0, 0.05) is 50.2 Å². The lowest BCUT2D eigenvalue weighted by Gasteiger charge is -2.46. The van der Waals surface area contributed by atoms with Crippen molar-refractivity contribution in [2.24, 2.45) is 0 Å². The first kappa shape index (κ1) is 13.9. The van der Waals surface area contributed by atoms with Crippen molar-refractivity contribution >= 4 is 17.7 Å². The zero-order valence-electron chi connectivity index (χ0n) is 11.6. The van der Waals surface area contributed by atoms with Gasteiger partial charge in [-0.2, -0.15) is 0 Å². The summed E-state index contributed by atoms with van der Waals surface area (Å²) in [4.78, 5) is 17.8. The molecule has 2 fully saturated rings. The maximum Gasteiger partial charge on any atom is 0.233 e. The van der Waals surface area contributed by atoms with Crippen molar-refractivity contribution in [3.63, 3.8) is 0 Å². The van der Waals surface area contributed by atoms with Crippen LogP contribution in [0.2, 0.25) is 0 Å². The first-order chi connectivity index (χ1) is 9.83. The molecule has 0 aromatic heterocycles. The van der Waals surface area contributed by atoms with E-state index in [0.29, 0.717) is 11.8 Å². The Labute approximate surface area is 124 Å². The normalized spacial score (nSPS) is 20.7. The fourth-order valence-corrected chi connectivity index (χ4v) is 3.51. The van der Waals surface area contributed by atoms with Gasteiger partial charge in [0.2, 0.25) is 5.91 Å². The average Bonchev–Trinajstić information content (AvgIpc) is 2.46. The molecular weight excluding hydrogens is 270 g/mol. The number of carbonyl (C=O) groups is 1. The van der Waals surface area contributed by atoms with Crippen molar-refractivity contribution < 1.29 is 4.79 Å². The van der Waals surface area contributed by atoms with Gasteiger partial charge in [-0.3, -0.25) is 9.69 Å². The average molecular weight is 291 g/mol. The van der Waals surface area contributed by atoms with E-state index in [1.54, 1.807) is 11.8 Å². The molecule has 108 valence electrons. The van der Waals surface area contributed by atoms with Gasteiger partial charge in [-0.25, -0.2) is 0 Å². The van der Waals surface area contributed by atoms with Crippen LogP contribution in [-0.2, 0) is 4.79 Å². The van der Waals surface area contributed by atoms with E-state index in [4.69, 9.17) is 0 Å². The molecule has 4 nitrogen and oxygen atoms in total. The standard InChI is InChI=1S/C15H21N3OS/c19-15(12-20-14-4-2-1-3-5-14)18-10-13(11-18)17-8-6-16-7-9-17/h1-5,13,16H,6-12H2. The second-order valence-corrected chi connectivity index (χ2v) is 6.39. The number of nitrogens with one attached hydrogen (secondary N) is 1. The van der Waals surface area contributed by atoms with Gasteiger partial charge in [0.25, 0.3) is 0 Å². The molecule has 0 unspecified atom stereocenters. The lowest BCUT2D eigenvalue weighted by Crippen LogP contribution is -2.64. The first-order valence-electron chi connectivity index (χ1n) is 7.23. The minimum atomic E-state index is 0.269. The number of amides is 1. The number of hydrogen-bond donors (Lipinski definition) is 1. The topological polar surface area (TPSA) is 35.6 Å². The molecule has 0 aliphatic carbocycles. The zero-order valence-corrected chi connectivity index (χ0v) is 12.4. The molecule has 0 bridgehead atoms. The van der Waals surface area contributed by atoms with E-state index in [-0.39, 0.29) is 5.91 Å². The molecule has 2 aliphatic rings. The maximum absolute atomic E-state index is 12.1. The zero-order chi connectivity index (χ0) is 13.8. The van der Waals surface area contributed by atoms with E-state index < -0.39 is 0 Å². The van der Waals surface area contributed by atoms with Crippen LogP contribution in [0.5, 0.6) is 0 Å². The molecule has 1 N–H and O–H groups in total. The third-order valence-corrected chi connectivity index (χ3v) is 4.99. The van der Waals surface area contributed by atoms with Crippen molar-refractivity contribution in [3.8, 4) is 0 Å². The molecule has 20 heavy (non-hydrogen) atoms. The van der Waals surface area contributed by atoms with Crippen molar-refractivity contribution in [1.29, 1.82) is 0 Å². The minimum Gasteiger partial charge on any atom is -0.339 e. The van der Waals surface area contributed by atoms with Gasteiger partial charge in [0.1, 0.15) is 0 Å². The van der Waals surface area contributed by atoms with Crippen LogP contribution in [0, 0.1) is 0 Å². The summed E-state index contributed by atoms with van der Waals surface area (Å²) in [5, 5.41) is 3.36. The number of hydrogen-bond acceptors (Lipinski definition) is 4. The highest BCUT2D eigenvalue weighted by molar-refractivity contribution is 8.00. The molecular formula is C15H21N3OS. The lowest BCUT2D eigenvalue weighted by atomic mass is 10.1. The molecule has 0 saturated carbocycles. The van der Waals surface area contributed by atoms with Gasteiger partial charge >= 0.3 is 0 Å². The summed E-state index contributed by atoms with van der Waals surface area (Å²) in [6, 6.07) is 10.7. The third-order valence-electron chi connectivity index (χ3n) is 3.99. The Morgan fingerprint density at radius 3 is 2.60 bits per heavy atom. The number of thioether (sulfide) groups is 1. The van der Waals surface area contributed by atoms with Crippen LogP contribution in [-0.4, -0.2) is 66.8 Å². The number of piperazine rings is 1. The number of carbonyl (C=O) groups excluding carboxylic acids is 1. The Morgan fingerprint density at radius 1 is 1.20 bits per heavy atom. The molecule has 0 atom stereocenters. The molecule has 5 heteroatoms. The Kier molecular flexibility index (Phi) is 4.60. The Balaban J connectivity index is 1.39. The quantitative estimate of drug-likeness (QED) is 0.836.